The fourth-order valence-electron chi connectivity index (χ4n) is 3.85. The van der Waals surface area contributed by atoms with Crippen molar-refractivity contribution in [1.82, 2.24) is 19.7 Å². The highest BCUT2D eigenvalue weighted by Crippen LogP contribution is 2.46. The number of sulfonamides is 1. The lowest BCUT2D eigenvalue weighted by Gasteiger charge is -2.24. The maximum atomic E-state index is 12.8. The van der Waals surface area contributed by atoms with Gasteiger partial charge in [0.05, 0.1) is 23.1 Å². The van der Waals surface area contributed by atoms with Crippen LogP contribution in [-0.2, 0) is 27.3 Å². The minimum Gasteiger partial charge on any atom is -0.475 e. The van der Waals surface area contributed by atoms with Gasteiger partial charge >= 0.3 is 12.1 Å². The highest BCUT2D eigenvalue weighted by molar-refractivity contribution is 7.92. The molecule has 2 aromatic rings. The molecular formula is C18H20F3N5O5S. The van der Waals surface area contributed by atoms with Crippen LogP contribution in [0.1, 0.15) is 22.6 Å². The van der Waals surface area contributed by atoms with E-state index in [2.05, 4.69) is 10.1 Å². The number of carbonyl (C=O) groups excluding carboxylic acids is 1. The van der Waals surface area contributed by atoms with E-state index in [1.54, 1.807) is 47.2 Å². The summed E-state index contributed by atoms with van der Waals surface area (Å²) in [6.07, 6.45) is 0.0811. The molecule has 32 heavy (non-hydrogen) atoms. The summed E-state index contributed by atoms with van der Waals surface area (Å²) in [4.78, 5) is 27.9. The summed E-state index contributed by atoms with van der Waals surface area (Å²) in [6.45, 7) is 1.35. The number of fused-ring (bicyclic) bond motifs is 2. The third-order valence-electron chi connectivity index (χ3n) is 5.33. The minimum absolute atomic E-state index is 0.0906. The lowest BCUT2D eigenvalue weighted by molar-refractivity contribution is -0.192. The molecule has 1 spiro atoms. The van der Waals surface area contributed by atoms with Gasteiger partial charge in [0.2, 0.25) is 10.0 Å². The molecule has 0 aliphatic carbocycles. The normalized spacial score (nSPS) is 20.2. The standard InChI is InChI=1S/C16H19N5O3S.C2HF3O2/c1-19-13(5-8-18-19)15(22)20-9-6-16(10-20)11-21(25(2,23)24)12-4-3-7-17-14(12)16;3-2(4,5)1(6)7/h3-5,7-8H,6,9-11H2,1-2H3;(H,6,7). The molecular weight excluding hydrogens is 455 g/mol. The van der Waals surface area contributed by atoms with Crippen LogP contribution >= 0.6 is 0 Å². The van der Waals surface area contributed by atoms with E-state index in [1.165, 1.54) is 10.6 Å². The minimum atomic E-state index is -5.08. The predicted molar refractivity (Wildman–Crippen MR) is 106 cm³/mol. The van der Waals surface area contributed by atoms with Crippen LogP contribution < -0.4 is 4.31 Å². The van der Waals surface area contributed by atoms with Gasteiger partial charge in [-0.05, 0) is 24.6 Å². The molecule has 174 valence electrons. The lowest BCUT2D eigenvalue weighted by Crippen LogP contribution is -2.40. The number of carboxylic acids is 1. The van der Waals surface area contributed by atoms with Crippen LogP contribution in [0.25, 0.3) is 0 Å². The van der Waals surface area contributed by atoms with Crippen molar-refractivity contribution in [3.8, 4) is 0 Å². The van der Waals surface area contributed by atoms with E-state index < -0.39 is 27.6 Å². The number of amides is 1. The Balaban J connectivity index is 0.000000360. The third-order valence-corrected chi connectivity index (χ3v) is 6.45. The number of nitrogens with zero attached hydrogens (tertiary/aromatic N) is 5. The maximum absolute atomic E-state index is 12.8. The zero-order chi connectivity index (χ0) is 23.9. The van der Waals surface area contributed by atoms with Gasteiger partial charge in [-0.1, -0.05) is 0 Å². The summed E-state index contributed by atoms with van der Waals surface area (Å²) < 4.78 is 59.1. The molecule has 0 saturated carbocycles. The van der Waals surface area contributed by atoms with Gasteiger partial charge in [-0.25, -0.2) is 13.2 Å². The van der Waals surface area contributed by atoms with E-state index in [-0.39, 0.29) is 5.91 Å². The van der Waals surface area contributed by atoms with Crippen molar-refractivity contribution >= 4 is 27.6 Å². The Bertz CT molecular complexity index is 1150. The topological polar surface area (TPSA) is 126 Å². The Morgan fingerprint density at radius 2 is 1.84 bits per heavy atom. The van der Waals surface area contributed by atoms with E-state index in [0.29, 0.717) is 37.4 Å². The molecule has 4 heterocycles. The summed E-state index contributed by atoms with van der Waals surface area (Å²) in [7, 11) is -1.66. The molecule has 4 rings (SSSR count). The van der Waals surface area contributed by atoms with E-state index >= 15 is 0 Å². The summed E-state index contributed by atoms with van der Waals surface area (Å²) in [5.74, 6) is -2.85. The molecule has 2 aromatic heterocycles. The van der Waals surface area contributed by atoms with Crippen LogP contribution in [0.4, 0.5) is 18.9 Å². The number of halogens is 3. The fraction of sp³-hybridized carbons (Fsp3) is 0.444. The highest BCUT2D eigenvalue weighted by Gasteiger charge is 2.51. The molecule has 1 amide bonds. The third kappa shape index (κ3) is 4.40. The average molecular weight is 475 g/mol. The first kappa shape index (κ1) is 23.5. The van der Waals surface area contributed by atoms with Crippen molar-refractivity contribution in [3.63, 3.8) is 0 Å². The zero-order valence-corrected chi connectivity index (χ0v) is 17.9. The second kappa shape index (κ2) is 8.07. The van der Waals surface area contributed by atoms with Crippen LogP contribution in [-0.4, -0.2) is 77.1 Å². The maximum Gasteiger partial charge on any atom is 0.490 e. The van der Waals surface area contributed by atoms with E-state index in [1.807, 2.05) is 0 Å². The number of carboxylic acid groups (broad SMARTS) is 1. The molecule has 2 aliphatic heterocycles. The van der Waals surface area contributed by atoms with Gasteiger partial charge in [-0.15, -0.1) is 0 Å². The molecule has 1 unspecified atom stereocenters. The number of alkyl halides is 3. The average Bonchev–Trinajstić information content (AvgIpc) is 3.39. The lowest BCUT2D eigenvalue weighted by atomic mass is 9.85. The number of aromatic nitrogens is 3. The van der Waals surface area contributed by atoms with Gasteiger partial charge in [0.1, 0.15) is 5.69 Å². The number of rotatable bonds is 2. The SMILES string of the molecule is Cn1nccc1C(=O)N1CCC2(C1)CN(S(C)(=O)=O)c1cccnc12.O=C(O)C(F)(F)F. The number of carbonyl (C=O) groups is 2. The zero-order valence-electron chi connectivity index (χ0n) is 17.1. The molecule has 2 aliphatic rings. The molecule has 14 heteroatoms. The first-order valence-electron chi connectivity index (χ1n) is 9.27. The van der Waals surface area contributed by atoms with Crippen LogP contribution in [0, 0.1) is 0 Å². The van der Waals surface area contributed by atoms with Crippen LogP contribution in [0.2, 0.25) is 0 Å². The summed E-state index contributed by atoms with van der Waals surface area (Å²) >= 11 is 0. The van der Waals surface area contributed by atoms with Gasteiger partial charge in [0.15, 0.2) is 0 Å². The van der Waals surface area contributed by atoms with Crippen molar-refractivity contribution in [2.45, 2.75) is 18.0 Å². The Morgan fingerprint density at radius 1 is 1.19 bits per heavy atom. The van der Waals surface area contributed by atoms with Crippen molar-refractivity contribution in [2.75, 3.05) is 30.2 Å². The predicted octanol–water partition coefficient (Wildman–Crippen LogP) is 1.01. The van der Waals surface area contributed by atoms with Crippen LogP contribution in [0.5, 0.6) is 0 Å². The van der Waals surface area contributed by atoms with Crippen molar-refractivity contribution in [2.24, 2.45) is 7.05 Å². The molecule has 1 saturated heterocycles. The Kier molecular flexibility index (Phi) is 5.93. The molecule has 10 nitrogen and oxygen atoms in total. The molecule has 1 fully saturated rings. The number of hydrogen-bond donors (Lipinski definition) is 1. The molecule has 0 bridgehead atoms. The fourth-order valence-corrected chi connectivity index (χ4v) is 4.84. The Labute approximate surface area is 181 Å². The monoisotopic (exact) mass is 475 g/mol. The summed E-state index contributed by atoms with van der Waals surface area (Å²) in [6, 6.07) is 5.21. The number of aryl methyl sites for hydroxylation is 1. The van der Waals surface area contributed by atoms with Gasteiger partial charge < -0.3 is 10.0 Å². The number of aliphatic carboxylic acids is 1. The smallest absolute Gasteiger partial charge is 0.475 e. The molecule has 1 N–H and O–H groups in total. The first-order valence-corrected chi connectivity index (χ1v) is 11.1. The summed E-state index contributed by atoms with van der Waals surface area (Å²) in [5, 5.41) is 11.2. The largest absolute Gasteiger partial charge is 0.490 e. The van der Waals surface area contributed by atoms with Gasteiger partial charge in [0.25, 0.3) is 5.91 Å². The Morgan fingerprint density at radius 3 is 2.38 bits per heavy atom. The van der Waals surface area contributed by atoms with E-state index in [9.17, 15) is 26.4 Å². The summed E-state index contributed by atoms with van der Waals surface area (Å²) in [5.41, 5.74) is 1.46. The number of likely N-dealkylation sites (tertiary alicyclic amines) is 1. The highest BCUT2D eigenvalue weighted by atomic mass is 32.2. The van der Waals surface area contributed by atoms with Gasteiger partial charge in [-0.2, -0.15) is 18.3 Å². The van der Waals surface area contributed by atoms with Crippen LogP contribution in [0.15, 0.2) is 30.6 Å². The molecule has 0 radical (unpaired) electrons. The Hall–Kier alpha value is -3.16. The van der Waals surface area contributed by atoms with Gasteiger partial charge in [0, 0.05) is 39.1 Å². The van der Waals surface area contributed by atoms with E-state index in [0.717, 1.165) is 5.69 Å². The van der Waals surface area contributed by atoms with Crippen LogP contribution in [0.3, 0.4) is 0 Å². The number of pyridine rings is 1. The van der Waals surface area contributed by atoms with Crippen molar-refractivity contribution in [1.29, 1.82) is 0 Å². The second-order valence-corrected chi connectivity index (χ2v) is 9.45. The second-order valence-electron chi connectivity index (χ2n) is 7.54. The van der Waals surface area contributed by atoms with Crippen molar-refractivity contribution < 1.29 is 36.3 Å². The number of anilines is 1. The van der Waals surface area contributed by atoms with E-state index in [4.69, 9.17) is 9.90 Å². The molecule has 1 atom stereocenters. The quantitative estimate of drug-likeness (QED) is 0.687. The van der Waals surface area contributed by atoms with Crippen molar-refractivity contribution in [3.05, 3.63) is 42.0 Å². The van der Waals surface area contributed by atoms with Gasteiger partial charge in [-0.3, -0.25) is 18.8 Å². The number of hydrogen-bond acceptors (Lipinski definition) is 6. The first-order chi connectivity index (χ1) is 14.8. The molecule has 0 aromatic carbocycles.